The van der Waals surface area contributed by atoms with Gasteiger partial charge in [-0.15, -0.1) is 5.10 Å². The molecule has 0 aliphatic heterocycles. The molecule has 0 unspecified atom stereocenters. The number of anilines is 1. The van der Waals surface area contributed by atoms with Gasteiger partial charge in [-0.1, -0.05) is 13.8 Å². The molecule has 1 heterocycles. The van der Waals surface area contributed by atoms with Gasteiger partial charge in [0, 0.05) is 19.6 Å². The summed E-state index contributed by atoms with van der Waals surface area (Å²) in [6.45, 7) is 6.12. The molecule has 0 amide bonds. The lowest BCUT2D eigenvalue weighted by Gasteiger charge is -2.28. The Balaban J connectivity index is 3.26. The van der Waals surface area contributed by atoms with E-state index in [0.29, 0.717) is 0 Å². The third kappa shape index (κ3) is 2.57. The van der Waals surface area contributed by atoms with Crippen molar-refractivity contribution in [1.29, 1.82) is 0 Å². The fraction of sp³-hybridized carbons (Fsp3) is 0.727. The van der Waals surface area contributed by atoms with Gasteiger partial charge in [0.25, 0.3) is 5.56 Å². The minimum atomic E-state index is -0.421. The van der Waals surface area contributed by atoms with Crippen molar-refractivity contribution in [2.45, 2.75) is 39.2 Å². The lowest BCUT2D eigenvalue weighted by atomic mass is 9.96. The molecule has 0 atom stereocenters. The van der Waals surface area contributed by atoms with E-state index in [1.54, 1.807) is 0 Å². The lowest BCUT2D eigenvalue weighted by Crippen LogP contribution is -2.43. The van der Waals surface area contributed by atoms with Crippen LogP contribution in [-0.2, 0) is 14.1 Å². The van der Waals surface area contributed by atoms with Crippen molar-refractivity contribution in [3.8, 4) is 0 Å². The van der Waals surface area contributed by atoms with E-state index in [1.807, 2.05) is 20.8 Å². The maximum Gasteiger partial charge on any atom is 0.346 e. The highest BCUT2D eigenvalue weighted by Crippen LogP contribution is 2.17. The van der Waals surface area contributed by atoms with E-state index >= 15 is 0 Å². The van der Waals surface area contributed by atoms with Gasteiger partial charge in [0.2, 0.25) is 5.82 Å². The zero-order chi connectivity index (χ0) is 13.2. The van der Waals surface area contributed by atoms with Crippen LogP contribution in [0.3, 0.4) is 0 Å². The molecule has 0 aliphatic carbocycles. The summed E-state index contributed by atoms with van der Waals surface area (Å²) >= 11 is 0. The fourth-order valence-electron chi connectivity index (χ4n) is 1.49. The lowest BCUT2D eigenvalue weighted by molar-refractivity contribution is 0.469. The second-order valence-electron chi connectivity index (χ2n) is 4.51. The van der Waals surface area contributed by atoms with Gasteiger partial charge in [-0.05, 0) is 19.8 Å². The van der Waals surface area contributed by atoms with Gasteiger partial charge in [0.1, 0.15) is 0 Å². The Bertz CT molecular complexity index is 511. The molecule has 1 N–H and O–H groups in total. The fourth-order valence-corrected chi connectivity index (χ4v) is 1.49. The summed E-state index contributed by atoms with van der Waals surface area (Å²) in [6, 6.07) is 0. The molecule has 17 heavy (non-hydrogen) atoms. The Morgan fingerprint density at radius 1 is 1.24 bits per heavy atom. The molecule has 0 saturated heterocycles. The highest BCUT2D eigenvalue weighted by Gasteiger charge is 2.22. The Kier molecular flexibility index (Phi) is 3.75. The summed E-state index contributed by atoms with van der Waals surface area (Å²) in [4.78, 5) is 23.4. The zero-order valence-corrected chi connectivity index (χ0v) is 11.1. The smallest absolute Gasteiger partial charge is 0.346 e. The first-order valence-corrected chi connectivity index (χ1v) is 5.77. The molecule has 96 valence electrons. The normalized spacial score (nSPS) is 11.6. The topological polar surface area (TPSA) is 68.9 Å². The zero-order valence-electron chi connectivity index (χ0n) is 11.1. The Hall–Kier alpha value is -1.59. The van der Waals surface area contributed by atoms with Crippen LogP contribution >= 0.6 is 0 Å². The summed E-state index contributed by atoms with van der Waals surface area (Å²) < 4.78 is 2.22. The number of nitrogens with one attached hydrogen (secondary N) is 1. The number of rotatable bonds is 4. The van der Waals surface area contributed by atoms with E-state index in [1.165, 1.54) is 14.1 Å². The SMILES string of the molecule is CCC(C)(CC)Nc1nn(C)c(=O)n(C)c1=O. The van der Waals surface area contributed by atoms with E-state index < -0.39 is 5.69 Å². The van der Waals surface area contributed by atoms with E-state index in [0.717, 1.165) is 22.1 Å². The summed E-state index contributed by atoms with van der Waals surface area (Å²) in [7, 11) is 2.98. The average Bonchev–Trinajstić information content (AvgIpc) is 2.33. The van der Waals surface area contributed by atoms with Gasteiger partial charge in [0.05, 0.1) is 0 Å². The van der Waals surface area contributed by atoms with Crippen molar-refractivity contribution in [3.63, 3.8) is 0 Å². The summed E-state index contributed by atoms with van der Waals surface area (Å²) in [6.07, 6.45) is 1.74. The molecule has 0 fully saturated rings. The summed E-state index contributed by atoms with van der Waals surface area (Å²) in [5.74, 6) is 0.223. The molecule has 1 aromatic rings. The van der Waals surface area contributed by atoms with Gasteiger partial charge in [-0.25, -0.2) is 9.48 Å². The molecule has 6 heteroatoms. The number of aryl methyl sites for hydroxylation is 1. The third-order valence-electron chi connectivity index (χ3n) is 3.30. The van der Waals surface area contributed by atoms with Crippen LogP contribution in [0, 0.1) is 0 Å². The van der Waals surface area contributed by atoms with Crippen molar-refractivity contribution in [3.05, 3.63) is 20.8 Å². The molecule has 1 aromatic heterocycles. The van der Waals surface area contributed by atoms with Crippen LogP contribution in [0.15, 0.2) is 9.59 Å². The maximum absolute atomic E-state index is 11.9. The Morgan fingerprint density at radius 3 is 2.24 bits per heavy atom. The quantitative estimate of drug-likeness (QED) is 0.830. The average molecular weight is 240 g/mol. The van der Waals surface area contributed by atoms with Crippen LogP contribution < -0.4 is 16.6 Å². The summed E-state index contributed by atoms with van der Waals surface area (Å²) in [5.41, 5.74) is -0.993. The first-order valence-electron chi connectivity index (χ1n) is 5.77. The van der Waals surface area contributed by atoms with Crippen molar-refractivity contribution in [2.24, 2.45) is 14.1 Å². The Labute approximate surface area is 100 Å². The molecule has 0 radical (unpaired) electrons. The van der Waals surface area contributed by atoms with E-state index in [9.17, 15) is 9.59 Å². The van der Waals surface area contributed by atoms with Crippen molar-refractivity contribution >= 4 is 5.82 Å². The standard InChI is InChI=1S/C11H20N4O2/c1-6-11(3,7-2)12-8-9(16)14(4)10(17)15(5)13-8/h6-7H2,1-5H3,(H,12,13). The highest BCUT2D eigenvalue weighted by atomic mass is 16.2. The minimum Gasteiger partial charge on any atom is -0.359 e. The number of nitrogens with zero attached hydrogens (tertiary/aromatic N) is 3. The third-order valence-corrected chi connectivity index (χ3v) is 3.30. The second-order valence-corrected chi connectivity index (χ2v) is 4.51. The largest absolute Gasteiger partial charge is 0.359 e. The molecule has 0 saturated carbocycles. The molecular weight excluding hydrogens is 220 g/mol. The van der Waals surface area contributed by atoms with Gasteiger partial charge >= 0.3 is 5.69 Å². The van der Waals surface area contributed by atoms with Gasteiger partial charge in [0.15, 0.2) is 0 Å². The van der Waals surface area contributed by atoms with Crippen LogP contribution in [0.2, 0.25) is 0 Å². The molecular formula is C11H20N4O2. The molecule has 0 bridgehead atoms. The minimum absolute atomic E-state index is 0.184. The van der Waals surface area contributed by atoms with Gasteiger partial charge in [-0.3, -0.25) is 9.36 Å². The Morgan fingerprint density at radius 2 is 1.76 bits per heavy atom. The first-order chi connectivity index (χ1) is 7.84. The van der Waals surface area contributed by atoms with Crippen LogP contribution in [0.4, 0.5) is 5.82 Å². The van der Waals surface area contributed by atoms with Crippen LogP contribution in [0.5, 0.6) is 0 Å². The monoisotopic (exact) mass is 240 g/mol. The maximum atomic E-state index is 11.9. The highest BCUT2D eigenvalue weighted by molar-refractivity contribution is 5.33. The van der Waals surface area contributed by atoms with E-state index in [4.69, 9.17) is 0 Å². The second kappa shape index (κ2) is 4.73. The number of hydrogen-bond donors (Lipinski definition) is 1. The number of hydrogen-bond acceptors (Lipinski definition) is 4. The molecule has 6 nitrogen and oxygen atoms in total. The first kappa shape index (κ1) is 13.5. The van der Waals surface area contributed by atoms with Crippen LogP contribution in [-0.4, -0.2) is 19.9 Å². The van der Waals surface area contributed by atoms with Gasteiger partial charge in [-0.2, -0.15) is 0 Å². The van der Waals surface area contributed by atoms with Crippen LogP contribution in [0.1, 0.15) is 33.6 Å². The predicted molar refractivity (Wildman–Crippen MR) is 67.3 cm³/mol. The predicted octanol–water partition coefficient (Wildman–Crippen LogP) is 0.470. The van der Waals surface area contributed by atoms with Crippen LogP contribution in [0.25, 0.3) is 0 Å². The van der Waals surface area contributed by atoms with Crippen molar-refractivity contribution in [2.75, 3.05) is 5.32 Å². The van der Waals surface area contributed by atoms with Crippen molar-refractivity contribution in [1.82, 2.24) is 14.3 Å². The molecule has 0 spiro atoms. The van der Waals surface area contributed by atoms with E-state index in [2.05, 4.69) is 10.4 Å². The molecule has 1 rings (SSSR count). The number of aromatic nitrogens is 3. The molecule has 0 aliphatic rings. The van der Waals surface area contributed by atoms with Gasteiger partial charge < -0.3 is 5.32 Å². The molecule has 0 aromatic carbocycles. The summed E-state index contributed by atoms with van der Waals surface area (Å²) in [5, 5.41) is 7.10. The van der Waals surface area contributed by atoms with Crippen molar-refractivity contribution < 1.29 is 0 Å². The van der Waals surface area contributed by atoms with E-state index in [-0.39, 0.29) is 16.9 Å².